The van der Waals surface area contributed by atoms with Crippen molar-refractivity contribution in [3.8, 4) is 5.75 Å². The van der Waals surface area contributed by atoms with E-state index in [0.29, 0.717) is 6.61 Å². The molecule has 1 atom stereocenters. The van der Waals surface area contributed by atoms with Gasteiger partial charge in [0.2, 0.25) is 10.0 Å². The van der Waals surface area contributed by atoms with Crippen LogP contribution in [-0.4, -0.2) is 20.8 Å². The molecular weight excluding hydrogens is 250 g/mol. The van der Waals surface area contributed by atoms with Crippen molar-refractivity contribution in [3.63, 3.8) is 0 Å². The molecule has 0 aliphatic heterocycles. The van der Waals surface area contributed by atoms with Crippen LogP contribution in [0.1, 0.15) is 24.5 Å². The van der Waals surface area contributed by atoms with Gasteiger partial charge in [0.25, 0.3) is 0 Å². The number of ether oxygens (including phenoxy) is 1. The molecule has 0 bridgehead atoms. The predicted octanol–water partition coefficient (Wildman–Crippen LogP) is 1.48. The lowest BCUT2D eigenvalue weighted by molar-refractivity contribution is 0.271. The van der Waals surface area contributed by atoms with Gasteiger partial charge in [-0.3, -0.25) is 0 Å². The Kier molecular flexibility index (Phi) is 3.92. The van der Waals surface area contributed by atoms with Crippen molar-refractivity contribution in [2.24, 2.45) is 11.1 Å². The molecule has 1 aromatic carbocycles. The van der Waals surface area contributed by atoms with Crippen molar-refractivity contribution in [2.45, 2.75) is 26.2 Å². The SMILES string of the molecule is CC(COc1ccc2c(c1)CCC2)CS(N)(=O)=O. The second-order valence-electron chi connectivity index (χ2n) is 5.03. The maximum atomic E-state index is 10.9. The van der Waals surface area contributed by atoms with Crippen molar-refractivity contribution in [2.75, 3.05) is 12.4 Å². The van der Waals surface area contributed by atoms with Gasteiger partial charge >= 0.3 is 0 Å². The number of rotatable bonds is 5. The molecule has 2 N–H and O–H groups in total. The summed E-state index contributed by atoms with van der Waals surface area (Å²) in [7, 11) is -3.42. The molecule has 18 heavy (non-hydrogen) atoms. The fourth-order valence-electron chi connectivity index (χ4n) is 2.32. The molecule has 0 heterocycles. The lowest BCUT2D eigenvalue weighted by Gasteiger charge is -2.12. The first-order chi connectivity index (χ1) is 8.44. The van der Waals surface area contributed by atoms with E-state index >= 15 is 0 Å². The first-order valence-electron chi connectivity index (χ1n) is 6.19. The molecule has 1 unspecified atom stereocenters. The summed E-state index contributed by atoms with van der Waals surface area (Å²) in [6.07, 6.45) is 3.47. The number of hydrogen-bond donors (Lipinski definition) is 1. The zero-order valence-electron chi connectivity index (χ0n) is 10.6. The molecule has 0 aromatic heterocycles. The first kappa shape index (κ1) is 13.4. The Balaban J connectivity index is 1.90. The van der Waals surface area contributed by atoms with Crippen LogP contribution in [0.2, 0.25) is 0 Å². The van der Waals surface area contributed by atoms with Gasteiger partial charge in [-0.25, -0.2) is 13.6 Å². The highest BCUT2D eigenvalue weighted by molar-refractivity contribution is 7.89. The second-order valence-corrected chi connectivity index (χ2v) is 6.69. The molecule has 0 spiro atoms. The van der Waals surface area contributed by atoms with E-state index in [1.165, 1.54) is 17.5 Å². The van der Waals surface area contributed by atoms with Gasteiger partial charge in [0, 0.05) is 5.92 Å². The van der Waals surface area contributed by atoms with Gasteiger partial charge in [-0.2, -0.15) is 0 Å². The van der Waals surface area contributed by atoms with Gasteiger partial charge in [-0.15, -0.1) is 0 Å². The second kappa shape index (κ2) is 5.28. The summed E-state index contributed by atoms with van der Waals surface area (Å²) in [5, 5.41) is 5.00. The van der Waals surface area contributed by atoms with Crippen LogP contribution in [0.25, 0.3) is 0 Å². The minimum Gasteiger partial charge on any atom is -0.493 e. The van der Waals surface area contributed by atoms with Gasteiger partial charge in [-0.05, 0) is 42.5 Å². The number of fused-ring (bicyclic) bond motifs is 1. The zero-order valence-corrected chi connectivity index (χ0v) is 11.4. The van der Waals surface area contributed by atoms with Crippen LogP contribution in [0.15, 0.2) is 18.2 Å². The van der Waals surface area contributed by atoms with Crippen LogP contribution in [-0.2, 0) is 22.9 Å². The number of benzene rings is 1. The normalized spacial score (nSPS) is 16.3. The van der Waals surface area contributed by atoms with E-state index in [1.807, 2.05) is 13.0 Å². The van der Waals surface area contributed by atoms with E-state index in [1.54, 1.807) is 0 Å². The summed E-state index contributed by atoms with van der Waals surface area (Å²) in [4.78, 5) is 0. The summed E-state index contributed by atoms with van der Waals surface area (Å²) in [6, 6.07) is 6.11. The Hall–Kier alpha value is -1.07. The van der Waals surface area contributed by atoms with Crippen molar-refractivity contribution in [1.82, 2.24) is 0 Å². The van der Waals surface area contributed by atoms with Crippen LogP contribution in [0.3, 0.4) is 0 Å². The standard InChI is InChI=1S/C13H19NO3S/c1-10(9-18(14,15)16)8-17-13-6-5-11-3-2-4-12(11)7-13/h5-7,10H,2-4,8-9H2,1H3,(H2,14,15,16). The quantitative estimate of drug-likeness (QED) is 0.880. The molecule has 0 saturated carbocycles. The number of nitrogens with two attached hydrogens (primary N) is 1. The van der Waals surface area contributed by atoms with Gasteiger partial charge in [0.1, 0.15) is 5.75 Å². The molecule has 4 nitrogen and oxygen atoms in total. The Morgan fingerprint density at radius 2 is 2.06 bits per heavy atom. The summed E-state index contributed by atoms with van der Waals surface area (Å²) in [6.45, 7) is 2.19. The summed E-state index contributed by atoms with van der Waals surface area (Å²) in [5.41, 5.74) is 2.76. The summed E-state index contributed by atoms with van der Waals surface area (Å²) >= 11 is 0. The lowest BCUT2D eigenvalue weighted by Crippen LogP contribution is -2.25. The average Bonchev–Trinajstić information content (AvgIpc) is 2.71. The Morgan fingerprint density at radius 3 is 2.78 bits per heavy atom. The van der Waals surface area contributed by atoms with E-state index in [2.05, 4.69) is 12.1 Å². The molecular formula is C13H19NO3S. The van der Waals surface area contributed by atoms with Crippen LogP contribution in [0.4, 0.5) is 0 Å². The maximum absolute atomic E-state index is 10.9. The summed E-state index contributed by atoms with van der Waals surface area (Å²) < 4.78 is 27.5. The largest absolute Gasteiger partial charge is 0.493 e. The topological polar surface area (TPSA) is 69.4 Å². The summed E-state index contributed by atoms with van der Waals surface area (Å²) in [5.74, 6) is 0.669. The van der Waals surface area contributed by atoms with E-state index in [4.69, 9.17) is 9.88 Å². The van der Waals surface area contributed by atoms with Crippen molar-refractivity contribution in [1.29, 1.82) is 0 Å². The Bertz CT molecular complexity index is 525. The highest BCUT2D eigenvalue weighted by Crippen LogP contribution is 2.26. The zero-order chi connectivity index (χ0) is 13.2. The third-order valence-electron chi connectivity index (χ3n) is 3.12. The van der Waals surface area contributed by atoms with Crippen molar-refractivity contribution in [3.05, 3.63) is 29.3 Å². The predicted molar refractivity (Wildman–Crippen MR) is 71.1 cm³/mol. The number of sulfonamides is 1. The lowest BCUT2D eigenvalue weighted by atomic mass is 10.1. The number of aryl methyl sites for hydroxylation is 2. The van der Waals surface area contributed by atoms with E-state index in [-0.39, 0.29) is 11.7 Å². The van der Waals surface area contributed by atoms with E-state index in [0.717, 1.165) is 18.6 Å². The first-order valence-corrected chi connectivity index (χ1v) is 7.90. The monoisotopic (exact) mass is 269 g/mol. The molecule has 0 fully saturated rings. The third-order valence-corrected chi connectivity index (χ3v) is 4.15. The average molecular weight is 269 g/mol. The van der Waals surface area contributed by atoms with E-state index < -0.39 is 10.0 Å². The third kappa shape index (κ3) is 3.71. The highest BCUT2D eigenvalue weighted by atomic mass is 32.2. The van der Waals surface area contributed by atoms with Crippen LogP contribution in [0, 0.1) is 5.92 Å². The maximum Gasteiger partial charge on any atom is 0.209 e. The number of primary sulfonamides is 1. The highest BCUT2D eigenvalue weighted by Gasteiger charge is 2.14. The minimum atomic E-state index is -3.42. The molecule has 100 valence electrons. The van der Waals surface area contributed by atoms with Crippen LogP contribution < -0.4 is 9.88 Å². The van der Waals surface area contributed by atoms with E-state index in [9.17, 15) is 8.42 Å². The molecule has 2 rings (SSSR count). The molecule has 1 aliphatic carbocycles. The van der Waals surface area contributed by atoms with Gasteiger partial charge in [0.05, 0.1) is 12.4 Å². The fraction of sp³-hybridized carbons (Fsp3) is 0.538. The fourth-order valence-corrected chi connectivity index (χ4v) is 3.21. The van der Waals surface area contributed by atoms with Crippen molar-refractivity contribution >= 4 is 10.0 Å². The Labute approximate surface area is 108 Å². The molecule has 5 heteroatoms. The number of hydrogen-bond acceptors (Lipinski definition) is 3. The van der Waals surface area contributed by atoms with Crippen LogP contribution in [0.5, 0.6) is 5.75 Å². The molecule has 1 aliphatic rings. The molecule has 1 aromatic rings. The van der Waals surface area contributed by atoms with Crippen molar-refractivity contribution < 1.29 is 13.2 Å². The molecule has 0 saturated heterocycles. The Morgan fingerprint density at radius 1 is 1.33 bits per heavy atom. The smallest absolute Gasteiger partial charge is 0.209 e. The minimum absolute atomic E-state index is 0.0437. The molecule has 0 amide bonds. The van der Waals surface area contributed by atoms with Gasteiger partial charge < -0.3 is 4.74 Å². The van der Waals surface area contributed by atoms with Crippen LogP contribution >= 0.6 is 0 Å². The molecule has 0 radical (unpaired) electrons. The van der Waals surface area contributed by atoms with Gasteiger partial charge in [-0.1, -0.05) is 13.0 Å². The van der Waals surface area contributed by atoms with Gasteiger partial charge in [0.15, 0.2) is 0 Å².